The van der Waals surface area contributed by atoms with Crippen LogP contribution in [-0.4, -0.2) is 61.2 Å². The fourth-order valence-electron chi connectivity index (χ4n) is 3.12. The first kappa shape index (κ1) is 12.3. The number of hydrogen-bond donors (Lipinski definition) is 1. The van der Waals surface area contributed by atoms with Gasteiger partial charge in [0.25, 0.3) is 0 Å². The highest BCUT2D eigenvalue weighted by molar-refractivity contribution is 4.96. The molecule has 0 spiro atoms. The third-order valence-corrected chi connectivity index (χ3v) is 4.24. The topological polar surface area (TPSA) is 18.5 Å². The summed E-state index contributed by atoms with van der Waals surface area (Å²) in [7, 11) is 4.43. The molecule has 3 heteroatoms. The monoisotopic (exact) mass is 225 g/mol. The summed E-state index contributed by atoms with van der Waals surface area (Å²) in [5, 5.41) is 3.63. The van der Waals surface area contributed by atoms with Crippen molar-refractivity contribution < 1.29 is 0 Å². The lowest BCUT2D eigenvalue weighted by molar-refractivity contribution is 0.100. The zero-order chi connectivity index (χ0) is 11.8. The van der Waals surface area contributed by atoms with Crippen LogP contribution < -0.4 is 5.32 Å². The molecule has 2 atom stereocenters. The maximum Gasteiger partial charge on any atom is 0.0238 e. The van der Waals surface area contributed by atoms with Crippen molar-refractivity contribution in [1.82, 2.24) is 15.1 Å². The van der Waals surface area contributed by atoms with Crippen LogP contribution in [0.5, 0.6) is 0 Å². The number of likely N-dealkylation sites (N-methyl/N-ethyl adjacent to an activating group) is 1. The number of likely N-dealkylation sites (tertiary alicyclic amines) is 1. The molecule has 2 heterocycles. The molecule has 3 nitrogen and oxygen atoms in total. The molecule has 0 bridgehead atoms. The summed E-state index contributed by atoms with van der Waals surface area (Å²) < 4.78 is 0. The normalized spacial score (nSPS) is 35.8. The fraction of sp³-hybridized carbons (Fsp3) is 1.00. The lowest BCUT2D eigenvalue weighted by Crippen LogP contribution is -2.49. The summed E-state index contributed by atoms with van der Waals surface area (Å²) in [6.45, 7) is 8.37. The van der Waals surface area contributed by atoms with E-state index in [1.165, 1.54) is 38.9 Å². The molecule has 0 amide bonds. The zero-order valence-corrected chi connectivity index (χ0v) is 11.3. The third kappa shape index (κ3) is 2.76. The molecule has 2 rings (SSSR count). The van der Waals surface area contributed by atoms with Crippen molar-refractivity contribution in [2.45, 2.75) is 50.7 Å². The second-order valence-corrected chi connectivity index (χ2v) is 6.38. The van der Waals surface area contributed by atoms with Crippen molar-refractivity contribution in [3.05, 3.63) is 0 Å². The predicted octanol–water partition coefficient (Wildman–Crippen LogP) is 1.15. The summed E-state index contributed by atoms with van der Waals surface area (Å²) in [6, 6.07) is 1.52. The standard InChI is InChI=1S/C13H27N3/c1-13(2)8-12(9-14-13)16-7-5-6-11(10-16)15(3)4/h11-12,14H,5-10H2,1-4H3. The SMILES string of the molecule is CN(C)C1CCCN(C2CNC(C)(C)C2)C1. The molecule has 2 aliphatic rings. The van der Waals surface area contributed by atoms with Crippen LogP contribution in [0.15, 0.2) is 0 Å². The van der Waals surface area contributed by atoms with Crippen LogP contribution in [0.3, 0.4) is 0 Å². The molecule has 0 aromatic carbocycles. The minimum absolute atomic E-state index is 0.343. The lowest BCUT2D eigenvalue weighted by atomic mass is 9.97. The van der Waals surface area contributed by atoms with Gasteiger partial charge in [-0.15, -0.1) is 0 Å². The first-order valence-corrected chi connectivity index (χ1v) is 6.63. The van der Waals surface area contributed by atoms with Crippen molar-refractivity contribution in [1.29, 1.82) is 0 Å². The number of piperidine rings is 1. The Labute approximate surface area is 100 Å². The highest BCUT2D eigenvalue weighted by atomic mass is 15.3. The van der Waals surface area contributed by atoms with Crippen molar-refractivity contribution in [2.24, 2.45) is 0 Å². The Kier molecular flexibility index (Phi) is 3.57. The largest absolute Gasteiger partial charge is 0.310 e. The second kappa shape index (κ2) is 4.63. The first-order valence-electron chi connectivity index (χ1n) is 6.63. The van der Waals surface area contributed by atoms with Gasteiger partial charge in [0.05, 0.1) is 0 Å². The Hall–Kier alpha value is -0.120. The molecule has 0 aliphatic carbocycles. The maximum atomic E-state index is 3.63. The van der Waals surface area contributed by atoms with E-state index >= 15 is 0 Å². The molecule has 2 saturated heterocycles. The number of rotatable bonds is 2. The van der Waals surface area contributed by atoms with E-state index in [9.17, 15) is 0 Å². The second-order valence-electron chi connectivity index (χ2n) is 6.38. The molecule has 1 N–H and O–H groups in total. The lowest BCUT2D eigenvalue weighted by Gasteiger charge is -2.39. The molecule has 94 valence electrons. The summed E-state index contributed by atoms with van der Waals surface area (Å²) in [4.78, 5) is 5.09. The molecule has 2 unspecified atom stereocenters. The van der Waals surface area contributed by atoms with Gasteiger partial charge < -0.3 is 10.2 Å². The number of nitrogens with zero attached hydrogens (tertiary/aromatic N) is 2. The van der Waals surface area contributed by atoms with Crippen LogP contribution in [0.4, 0.5) is 0 Å². The van der Waals surface area contributed by atoms with Gasteiger partial charge in [-0.05, 0) is 53.8 Å². The van der Waals surface area contributed by atoms with E-state index in [1.807, 2.05) is 0 Å². The predicted molar refractivity (Wildman–Crippen MR) is 68.8 cm³/mol. The van der Waals surface area contributed by atoms with Crippen LogP contribution in [0.25, 0.3) is 0 Å². The minimum Gasteiger partial charge on any atom is -0.310 e. The summed E-state index contributed by atoms with van der Waals surface area (Å²) in [5.74, 6) is 0. The van der Waals surface area contributed by atoms with Gasteiger partial charge in [0.15, 0.2) is 0 Å². The van der Waals surface area contributed by atoms with Crippen molar-refractivity contribution >= 4 is 0 Å². The minimum atomic E-state index is 0.343. The van der Waals surface area contributed by atoms with Crippen LogP contribution >= 0.6 is 0 Å². The Bertz CT molecular complexity index is 237. The Morgan fingerprint density at radius 2 is 2.06 bits per heavy atom. The third-order valence-electron chi connectivity index (χ3n) is 4.24. The molecule has 2 aliphatic heterocycles. The summed E-state index contributed by atoms with van der Waals surface area (Å²) in [5.41, 5.74) is 0.343. The van der Waals surface area contributed by atoms with Gasteiger partial charge in [0.1, 0.15) is 0 Å². The van der Waals surface area contributed by atoms with Gasteiger partial charge >= 0.3 is 0 Å². The van der Waals surface area contributed by atoms with E-state index in [0.717, 1.165) is 12.1 Å². The molecule has 0 aromatic rings. The van der Waals surface area contributed by atoms with E-state index in [1.54, 1.807) is 0 Å². The van der Waals surface area contributed by atoms with Gasteiger partial charge in [0, 0.05) is 30.7 Å². The van der Waals surface area contributed by atoms with Crippen LogP contribution in [0, 0.1) is 0 Å². The van der Waals surface area contributed by atoms with Crippen LogP contribution in [0.2, 0.25) is 0 Å². The van der Waals surface area contributed by atoms with Crippen molar-refractivity contribution in [3.8, 4) is 0 Å². The fourth-order valence-corrected chi connectivity index (χ4v) is 3.12. The number of nitrogens with one attached hydrogen (secondary N) is 1. The summed E-state index contributed by atoms with van der Waals surface area (Å²) in [6.07, 6.45) is 4.03. The molecule has 0 radical (unpaired) electrons. The van der Waals surface area contributed by atoms with E-state index < -0.39 is 0 Å². The van der Waals surface area contributed by atoms with Gasteiger partial charge in [-0.2, -0.15) is 0 Å². The highest BCUT2D eigenvalue weighted by Crippen LogP contribution is 2.25. The molecular weight excluding hydrogens is 198 g/mol. The van der Waals surface area contributed by atoms with E-state index in [4.69, 9.17) is 0 Å². The Morgan fingerprint density at radius 3 is 2.62 bits per heavy atom. The van der Waals surface area contributed by atoms with E-state index in [0.29, 0.717) is 5.54 Å². The van der Waals surface area contributed by atoms with E-state index in [-0.39, 0.29) is 0 Å². The van der Waals surface area contributed by atoms with Gasteiger partial charge in [-0.25, -0.2) is 0 Å². The van der Waals surface area contributed by atoms with Gasteiger partial charge in [0.2, 0.25) is 0 Å². The van der Waals surface area contributed by atoms with Crippen molar-refractivity contribution in [3.63, 3.8) is 0 Å². The first-order chi connectivity index (χ1) is 7.48. The Balaban J connectivity index is 1.90. The zero-order valence-electron chi connectivity index (χ0n) is 11.3. The van der Waals surface area contributed by atoms with Crippen LogP contribution in [0.1, 0.15) is 33.1 Å². The average Bonchev–Trinajstić information content (AvgIpc) is 2.59. The molecule has 0 saturated carbocycles. The average molecular weight is 225 g/mol. The molecule has 0 aromatic heterocycles. The maximum absolute atomic E-state index is 3.63. The van der Waals surface area contributed by atoms with Crippen molar-refractivity contribution in [2.75, 3.05) is 33.7 Å². The van der Waals surface area contributed by atoms with Crippen LogP contribution in [-0.2, 0) is 0 Å². The van der Waals surface area contributed by atoms with Gasteiger partial charge in [-0.3, -0.25) is 4.90 Å². The molecular formula is C13H27N3. The molecule has 2 fully saturated rings. The Morgan fingerprint density at radius 1 is 1.31 bits per heavy atom. The highest BCUT2D eigenvalue weighted by Gasteiger charge is 2.35. The van der Waals surface area contributed by atoms with E-state index in [2.05, 4.69) is 43.1 Å². The van der Waals surface area contributed by atoms with Gasteiger partial charge in [-0.1, -0.05) is 0 Å². The quantitative estimate of drug-likeness (QED) is 0.760. The molecule has 16 heavy (non-hydrogen) atoms. The smallest absolute Gasteiger partial charge is 0.0238 e. The summed E-state index contributed by atoms with van der Waals surface area (Å²) >= 11 is 0. The number of hydrogen-bond acceptors (Lipinski definition) is 3.